The number of halogens is 1. The predicted molar refractivity (Wildman–Crippen MR) is 137 cm³/mol. The molecule has 2 aliphatic rings. The summed E-state index contributed by atoms with van der Waals surface area (Å²) in [6.45, 7) is 3.13. The van der Waals surface area contributed by atoms with Gasteiger partial charge >= 0.3 is 0 Å². The highest BCUT2D eigenvalue weighted by Gasteiger charge is 2.37. The van der Waals surface area contributed by atoms with Crippen molar-refractivity contribution in [1.29, 1.82) is 0 Å². The van der Waals surface area contributed by atoms with E-state index in [4.69, 9.17) is 11.6 Å². The molecule has 3 amide bonds. The number of carbonyl (C=O) groups is 3. The zero-order valence-corrected chi connectivity index (χ0v) is 20.3. The first-order valence-corrected chi connectivity index (χ1v) is 12.5. The lowest BCUT2D eigenvalue weighted by Crippen LogP contribution is -2.43. The first kappa shape index (κ1) is 22.7. The maximum Gasteiger partial charge on any atom is 0.298 e. The van der Waals surface area contributed by atoms with Crippen LogP contribution in [0.25, 0.3) is 17.0 Å². The summed E-state index contributed by atoms with van der Waals surface area (Å²) in [6, 6.07) is 14.8. The number of para-hydroxylation sites is 2. The standard InChI is InChI=1S/C26H24ClN3O3S/c1-17-8-6-7-13-29(17)24(31)16-28-15-18(19-9-2-4-11-21(19)28)14-23-25(32)30(26(33)34-23)22-12-5-3-10-20(22)27/h2-5,9-12,14-15,17H,6-8,13,16H2,1H3/b23-14-/t17-/m0/s1. The number of hydrogen-bond donors (Lipinski definition) is 0. The third-order valence-corrected chi connectivity index (χ3v) is 7.61. The molecule has 0 aliphatic carbocycles. The SMILES string of the molecule is C[C@H]1CCCCN1C(=O)Cn1cc(/C=C2\SC(=O)N(c3ccccc3Cl)C2=O)c2ccccc21. The summed E-state index contributed by atoms with van der Waals surface area (Å²) in [6.07, 6.45) is 6.85. The maximum absolute atomic E-state index is 13.1. The van der Waals surface area contributed by atoms with Gasteiger partial charge in [0.25, 0.3) is 11.1 Å². The van der Waals surface area contributed by atoms with Crippen LogP contribution in [0.15, 0.2) is 59.6 Å². The fraction of sp³-hybridized carbons (Fsp3) is 0.269. The molecule has 3 aromatic rings. The second kappa shape index (κ2) is 9.31. The summed E-state index contributed by atoms with van der Waals surface area (Å²) in [5.41, 5.74) is 2.08. The number of rotatable bonds is 4. The molecule has 1 aromatic heterocycles. The van der Waals surface area contributed by atoms with Crippen LogP contribution in [-0.2, 0) is 16.1 Å². The Kier molecular flexibility index (Phi) is 6.23. The molecule has 0 saturated carbocycles. The van der Waals surface area contributed by atoms with E-state index in [-0.39, 0.29) is 23.7 Å². The number of anilines is 1. The molecule has 0 spiro atoms. The van der Waals surface area contributed by atoms with Crippen molar-refractivity contribution < 1.29 is 14.4 Å². The molecule has 3 heterocycles. The van der Waals surface area contributed by atoms with Crippen LogP contribution in [0.4, 0.5) is 10.5 Å². The molecule has 5 rings (SSSR count). The van der Waals surface area contributed by atoms with Crippen LogP contribution in [0.5, 0.6) is 0 Å². The molecule has 0 bridgehead atoms. The van der Waals surface area contributed by atoms with Gasteiger partial charge in [0.15, 0.2) is 0 Å². The Labute approximate surface area is 207 Å². The van der Waals surface area contributed by atoms with Gasteiger partial charge in [-0.1, -0.05) is 41.9 Å². The molecule has 0 N–H and O–H groups in total. The van der Waals surface area contributed by atoms with Gasteiger partial charge in [0, 0.05) is 35.2 Å². The number of nitrogens with zero attached hydrogens (tertiary/aromatic N) is 3. The van der Waals surface area contributed by atoms with E-state index in [0.717, 1.165) is 58.9 Å². The number of fused-ring (bicyclic) bond motifs is 1. The summed E-state index contributed by atoms with van der Waals surface area (Å²) in [5.74, 6) is -0.309. The zero-order valence-electron chi connectivity index (χ0n) is 18.7. The van der Waals surface area contributed by atoms with Gasteiger partial charge in [-0.3, -0.25) is 14.4 Å². The van der Waals surface area contributed by atoms with Gasteiger partial charge in [0.1, 0.15) is 6.54 Å². The van der Waals surface area contributed by atoms with Crippen LogP contribution >= 0.6 is 23.4 Å². The lowest BCUT2D eigenvalue weighted by molar-refractivity contribution is -0.135. The van der Waals surface area contributed by atoms with E-state index in [1.165, 1.54) is 0 Å². The van der Waals surface area contributed by atoms with E-state index in [2.05, 4.69) is 6.92 Å². The highest BCUT2D eigenvalue weighted by Crippen LogP contribution is 2.39. The van der Waals surface area contributed by atoms with E-state index < -0.39 is 5.91 Å². The molecule has 34 heavy (non-hydrogen) atoms. The molecule has 0 radical (unpaired) electrons. The van der Waals surface area contributed by atoms with Crippen molar-refractivity contribution in [3.8, 4) is 0 Å². The molecular weight excluding hydrogens is 470 g/mol. The van der Waals surface area contributed by atoms with E-state index in [9.17, 15) is 14.4 Å². The minimum Gasteiger partial charge on any atom is -0.338 e. The Bertz CT molecular complexity index is 1330. The second-order valence-corrected chi connectivity index (χ2v) is 10.0. The molecule has 2 fully saturated rings. The highest BCUT2D eigenvalue weighted by molar-refractivity contribution is 8.19. The van der Waals surface area contributed by atoms with Gasteiger partial charge < -0.3 is 9.47 Å². The number of thioether (sulfide) groups is 1. The number of amides is 3. The molecule has 174 valence electrons. The van der Waals surface area contributed by atoms with Gasteiger partial charge in [-0.2, -0.15) is 0 Å². The Morgan fingerprint density at radius 3 is 2.68 bits per heavy atom. The lowest BCUT2D eigenvalue weighted by atomic mass is 10.0. The van der Waals surface area contributed by atoms with Gasteiger partial charge in [-0.15, -0.1) is 0 Å². The summed E-state index contributed by atoms with van der Waals surface area (Å²) >= 11 is 7.12. The van der Waals surface area contributed by atoms with E-state index in [1.807, 2.05) is 39.9 Å². The Hall–Kier alpha value is -3.03. The first-order valence-electron chi connectivity index (χ1n) is 11.3. The summed E-state index contributed by atoms with van der Waals surface area (Å²) in [7, 11) is 0. The monoisotopic (exact) mass is 493 g/mol. The molecule has 0 unspecified atom stereocenters. The van der Waals surface area contributed by atoms with Gasteiger partial charge in [0.05, 0.1) is 15.6 Å². The second-order valence-electron chi connectivity index (χ2n) is 8.63. The average molecular weight is 494 g/mol. The molecule has 6 nitrogen and oxygen atoms in total. The molecular formula is C26H24ClN3O3S. The largest absolute Gasteiger partial charge is 0.338 e. The van der Waals surface area contributed by atoms with Crippen LogP contribution in [0.2, 0.25) is 5.02 Å². The Morgan fingerprint density at radius 1 is 1.12 bits per heavy atom. The van der Waals surface area contributed by atoms with Crippen molar-refractivity contribution in [2.45, 2.75) is 38.8 Å². The maximum atomic E-state index is 13.1. The number of benzene rings is 2. The van der Waals surface area contributed by atoms with Crippen molar-refractivity contribution in [2.75, 3.05) is 11.4 Å². The van der Waals surface area contributed by atoms with Gasteiger partial charge in [-0.05, 0) is 62.2 Å². The van der Waals surface area contributed by atoms with Crippen molar-refractivity contribution in [3.63, 3.8) is 0 Å². The fourth-order valence-electron chi connectivity index (χ4n) is 4.68. The van der Waals surface area contributed by atoms with Crippen molar-refractivity contribution >= 4 is 63.1 Å². The summed E-state index contributed by atoms with van der Waals surface area (Å²) in [4.78, 5) is 42.3. The number of hydrogen-bond acceptors (Lipinski definition) is 4. The molecule has 2 saturated heterocycles. The summed E-state index contributed by atoms with van der Waals surface area (Å²) in [5, 5.41) is 0.877. The third-order valence-electron chi connectivity index (χ3n) is 6.42. The quantitative estimate of drug-likeness (QED) is 0.422. The van der Waals surface area contributed by atoms with Crippen LogP contribution in [0.3, 0.4) is 0 Å². The van der Waals surface area contributed by atoms with E-state index in [1.54, 1.807) is 30.3 Å². The zero-order chi connectivity index (χ0) is 23.8. The number of carbonyl (C=O) groups excluding carboxylic acids is 3. The number of piperidine rings is 1. The molecule has 2 aliphatic heterocycles. The van der Waals surface area contributed by atoms with Crippen LogP contribution in [-0.4, -0.2) is 39.1 Å². The highest BCUT2D eigenvalue weighted by atomic mass is 35.5. The van der Waals surface area contributed by atoms with Crippen LogP contribution in [0.1, 0.15) is 31.7 Å². The van der Waals surface area contributed by atoms with Gasteiger partial charge in [-0.25, -0.2) is 4.90 Å². The van der Waals surface area contributed by atoms with E-state index >= 15 is 0 Å². The minimum absolute atomic E-state index is 0.0959. The lowest BCUT2D eigenvalue weighted by Gasteiger charge is -2.33. The normalized spacial score (nSPS) is 20.1. The average Bonchev–Trinajstić information content (AvgIpc) is 3.31. The van der Waals surface area contributed by atoms with E-state index in [0.29, 0.717) is 15.6 Å². The fourth-order valence-corrected chi connectivity index (χ4v) is 5.72. The van der Waals surface area contributed by atoms with Crippen molar-refractivity contribution in [2.24, 2.45) is 0 Å². The van der Waals surface area contributed by atoms with Gasteiger partial charge in [0.2, 0.25) is 5.91 Å². The third kappa shape index (κ3) is 4.14. The molecule has 2 aromatic carbocycles. The number of likely N-dealkylation sites (tertiary alicyclic amines) is 1. The van der Waals surface area contributed by atoms with Crippen molar-refractivity contribution in [3.05, 3.63) is 70.2 Å². The smallest absolute Gasteiger partial charge is 0.298 e. The Balaban J connectivity index is 1.47. The first-order chi connectivity index (χ1) is 16.4. The topological polar surface area (TPSA) is 62.6 Å². The predicted octanol–water partition coefficient (Wildman–Crippen LogP) is 5.94. The molecule has 8 heteroatoms. The number of aromatic nitrogens is 1. The van der Waals surface area contributed by atoms with Crippen molar-refractivity contribution in [1.82, 2.24) is 9.47 Å². The minimum atomic E-state index is -0.404. The summed E-state index contributed by atoms with van der Waals surface area (Å²) < 4.78 is 1.93. The Morgan fingerprint density at radius 2 is 1.88 bits per heavy atom. The molecule has 1 atom stereocenters. The van der Waals surface area contributed by atoms with Crippen LogP contribution < -0.4 is 4.90 Å². The number of imide groups is 1. The van der Waals surface area contributed by atoms with Crippen LogP contribution in [0, 0.1) is 0 Å².